The fourth-order valence-corrected chi connectivity index (χ4v) is 3.71. The van der Waals surface area contributed by atoms with E-state index in [9.17, 15) is 13.6 Å². The molecule has 1 aliphatic rings. The van der Waals surface area contributed by atoms with E-state index in [4.69, 9.17) is 37.5 Å². The Morgan fingerprint density at radius 1 is 1.21 bits per heavy atom. The molecule has 1 aliphatic carbocycles. The molecule has 2 aromatic rings. The fourth-order valence-electron chi connectivity index (χ4n) is 3.11. The highest BCUT2D eigenvalue weighted by molar-refractivity contribution is 6.35. The molecule has 1 saturated carbocycles. The first-order valence-corrected chi connectivity index (χ1v) is 11.1. The van der Waals surface area contributed by atoms with Gasteiger partial charge in [0, 0.05) is 16.7 Å². The maximum Gasteiger partial charge on any atom is 0.387 e. The number of benzene rings is 1. The highest BCUT2D eigenvalue weighted by Crippen LogP contribution is 2.37. The first-order chi connectivity index (χ1) is 15.8. The Balaban J connectivity index is 1.93. The van der Waals surface area contributed by atoms with Gasteiger partial charge in [-0.1, -0.05) is 29.3 Å². The van der Waals surface area contributed by atoms with Crippen LogP contribution in [-0.4, -0.2) is 39.9 Å². The van der Waals surface area contributed by atoms with Gasteiger partial charge in [-0.15, -0.1) is 0 Å². The number of nitrogens with one attached hydrogen (secondary N) is 1. The number of carbonyl (C=O) groups is 1. The summed E-state index contributed by atoms with van der Waals surface area (Å²) in [5.41, 5.74) is 1.05. The lowest BCUT2D eigenvalue weighted by Gasteiger charge is -2.21. The summed E-state index contributed by atoms with van der Waals surface area (Å²) in [6, 6.07) is 4.45. The van der Waals surface area contributed by atoms with E-state index in [-0.39, 0.29) is 24.5 Å². The highest BCUT2D eigenvalue weighted by Gasteiger charge is 2.26. The minimum atomic E-state index is -3.00. The molecular formula is C22H25Cl2F2N2O5+. The number of nitrogens with zero attached hydrogens (tertiary/aromatic N) is 1. The number of esters is 1. The second-order valence-corrected chi connectivity index (χ2v) is 8.34. The van der Waals surface area contributed by atoms with E-state index in [1.165, 1.54) is 36.4 Å². The molecule has 1 atom stereocenters. The maximum absolute atomic E-state index is 12.9. The smallest absolute Gasteiger partial charge is 0.387 e. The fraction of sp³-hybridized carbons (Fsp3) is 0.455. The summed E-state index contributed by atoms with van der Waals surface area (Å²) in [5.74, 6) is -0.0545. The molecule has 0 bridgehead atoms. The molecule has 33 heavy (non-hydrogen) atoms. The van der Waals surface area contributed by atoms with Crippen LogP contribution in [0, 0.1) is 5.92 Å². The minimum Gasteiger partial charge on any atom is -0.489 e. The average molecular weight is 506 g/mol. The number of ether oxygens (including phenoxy) is 3. The van der Waals surface area contributed by atoms with Crippen LogP contribution in [0.3, 0.4) is 0 Å². The zero-order valence-corrected chi connectivity index (χ0v) is 19.7. The highest BCUT2D eigenvalue weighted by atomic mass is 35.5. The lowest BCUT2D eigenvalue weighted by molar-refractivity contribution is -0.885. The molecule has 0 amide bonds. The van der Waals surface area contributed by atoms with Crippen LogP contribution in [0.4, 0.5) is 8.78 Å². The Morgan fingerprint density at radius 2 is 1.91 bits per heavy atom. The third kappa shape index (κ3) is 7.31. The van der Waals surface area contributed by atoms with Crippen molar-refractivity contribution in [3.8, 4) is 11.5 Å². The summed E-state index contributed by atoms with van der Waals surface area (Å²) in [5, 5.41) is 3.35. The van der Waals surface area contributed by atoms with Crippen LogP contribution >= 0.6 is 23.2 Å². The number of pyridine rings is 1. The molecule has 11 heteroatoms. The SMILES string of the molecule is CNCC(=O)OC(Cc1c(Cl)c[n+](OC)cc1Cl)c1ccc(OC(F)F)c(OCC2CC2)c1. The molecule has 1 unspecified atom stereocenters. The second kappa shape index (κ2) is 11.7. The Bertz CT molecular complexity index is 953. The zero-order chi connectivity index (χ0) is 24.0. The molecule has 1 aromatic carbocycles. The van der Waals surface area contributed by atoms with Crippen molar-refractivity contribution in [3.63, 3.8) is 0 Å². The van der Waals surface area contributed by atoms with Crippen molar-refractivity contribution in [1.82, 2.24) is 5.32 Å². The van der Waals surface area contributed by atoms with Crippen molar-refractivity contribution >= 4 is 29.2 Å². The first-order valence-electron chi connectivity index (χ1n) is 10.3. The predicted molar refractivity (Wildman–Crippen MR) is 117 cm³/mol. The van der Waals surface area contributed by atoms with Crippen molar-refractivity contribution < 1.29 is 37.4 Å². The number of hydrogen-bond donors (Lipinski definition) is 1. The van der Waals surface area contributed by atoms with E-state index < -0.39 is 18.7 Å². The van der Waals surface area contributed by atoms with Crippen LogP contribution in [-0.2, 0) is 16.0 Å². The predicted octanol–water partition coefficient (Wildman–Crippen LogP) is 3.78. The summed E-state index contributed by atoms with van der Waals surface area (Å²) < 4.78 is 43.1. The van der Waals surface area contributed by atoms with Gasteiger partial charge in [0.25, 0.3) is 0 Å². The molecule has 180 valence electrons. The normalized spacial score (nSPS) is 14.2. The summed E-state index contributed by atoms with van der Waals surface area (Å²) >= 11 is 12.8. The quantitative estimate of drug-likeness (QED) is 0.349. The number of halogens is 4. The third-order valence-electron chi connectivity index (χ3n) is 4.98. The van der Waals surface area contributed by atoms with Crippen molar-refractivity contribution in [2.45, 2.75) is 32.0 Å². The summed E-state index contributed by atoms with van der Waals surface area (Å²) in [6.45, 7) is -2.63. The molecule has 1 N–H and O–H groups in total. The molecule has 1 heterocycles. The molecule has 0 spiro atoms. The van der Waals surface area contributed by atoms with Crippen molar-refractivity contribution in [2.24, 2.45) is 5.92 Å². The van der Waals surface area contributed by atoms with Gasteiger partial charge in [0.1, 0.15) is 23.3 Å². The number of rotatable bonds is 12. The van der Waals surface area contributed by atoms with Crippen molar-refractivity contribution in [3.05, 3.63) is 51.8 Å². The average Bonchev–Trinajstić information content (AvgIpc) is 3.59. The maximum atomic E-state index is 12.9. The Morgan fingerprint density at radius 3 is 2.48 bits per heavy atom. The van der Waals surface area contributed by atoms with Gasteiger partial charge in [0.2, 0.25) is 12.4 Å². The molecule has 7 nitrogen and oxygen atoms in total. The first kappa shape index (κ1) is 25.3. The third-order valence-corrected chi connectivity index (χ3v) is 5.63. The topological polar surface area (TPSA) is 69.9 Å². The van der Waals surface area contributed by atoms with Gasteiger partial charge < -0.3 is 19.5 Å². The van der Waals surface area contributed by atoms with Gasteiger partial charge in [-0.2, -0.15) is 8.78 Å². The van der Waals surface area contributed by atoms with E-state index in [1.807, 2.05) is 0 Å². The molecule has 1 fully saturated rings. The van der Waals surface area contributed by atoms with Crippen molar-refractivity contribution in [1.29, 1.82) is 0 Å². The van der Waals surface area contributed by atoms with Gasteiger partial charge in [0.05, 0.1) is 13.2 Å². The summed E-state index contributed by atoms with van der Waals surface area (Å²) in [4.78, 5) is 17.4. The van der Waals surface area contributed by atoms with Gasteiger partial charge in [-0.3, -0.25) is 9.63 Å². The van der Waals surface area contributed by atoms with Crippen LogP contribution in [0.25, 0.3) is 0 Å². The molecular weight excluding hydrogens is 481 g/mol. The summed E-state index contributed by atoms with van der Waals surface area (Å²) in [7, 11) is 3.08. The summed E-state index contributed by atoms with van der Waals surface area (Å²) in [6.07, 6.45) is 4.43. The number of likely N-dealkylation sites (N-methyl/N-ethyl adjacent to an activating group) is 1. The number of carbonyl (C=O) groups excluding carboxylic acids is 1. The van der Waals surface area contributed by atoms with Crippen LogP contribution < -0.4 is 24.4 Å². The molecule has 0 radical (unpaired) electrons. The Labute approximate surface area is 200 Å². The monoisotopic (exact) mass is 505 g/mol. The number of alkyl halides is 2. The largest absolute Gasteiger partial charge is 0.489 e. The number of aromatic nitrogens is 1. The lowest BCUT2D eigenvalue weighted by atomic mass is 10.0. The molecule has 3 rings (SSSR count). The van der Waals surface area contributed by atoms with Gasteiger partial charge in [-0.05, 0) is 43.5 Å². The molecule has 0 saturated heterocycles. The van der Waals surface area contributed by atoms with E-state index in [0.29, 0.717) is 33.7 Å². The Kier molecular flexibility index (Phi) is 8.94. The zero-order valence-electron chi connectivity index (χ0n) is 18.2. The molecule has 1 aromatic heterocycles. The van der Waals surface area contributed by atoms with Crippen LogP contribution in [0.2, 0.25) is 10.0 Å². The van der Waals surface area contributed by atoms with E-state index in [0.717, 1.165) is 12.8 Å². The minimum absolute atomic E-state index is 0.0198. The van der Waals surface area contributed by atoms with Gasteiger partial charge in [-0.25, -0.2) is 0 Å². The number of hydrogen-bond acceptors (Lipinski definition) is 6. The van der Waals surface area contributed by atoms with E-state index in [2.05, 4.69) is 10.1 Å². The lowest BCUT2D eigenvalue weighted by Crippen LogP contribution is -2.40. The Hall–Kier alpha value is -2.36. The van der Waals surface area contributed by atoms with E-state index in [1.54, 1.807) is 13.1 Å². The van der Waals surface area contributed by atoms with Crippen LogP contribution in [0.15, 0.2) is 30.6 Å². The van der Waals surface area contributed by atoms with Crippen molar-refractivity contribution in [2.75, 3.05) is 27.3 Å². The molecule has 0 aliphatic heterocycles. The van der Waals surface area contributed by atoms with Gasteiger partial charge >= 0.3 is 12.6 Å². The van der Waals surface area contributed by atoms with Crippen LogP contribution in [0.5, 0.6) is 11.5 Å². The standard InChI is InChI=1S/C22H25Cl2F2N2O5/c1-27-9-21(29)32-19(8-15-16(23)10-28(30-2)11-17(15)24)14-5-6-18(33-22(25)26)20(7-14)31-12-13-3-4-13/h5-7,10-11,13,19,22,27H,3-4,8-9,12H2,1-2H3/q+1. The van der Waals surface area contributed by atoms with Crippen LogP contribution in [0.1, 0.15) is 30.1 Å². The second-order valence-electron chi connectivity index (χ2n) is 7.53. The van der Waals surface area contributed by atoms with E-state index >= 15 is 0 Å². The van der Waals surface area contributed by atoms with Gasteiger partial charge in [0.15, 0.2) is 11.5 Å².